The third kappa shape index (κ3) is 6.40. The molecular formula is C14H26N4O3. The number of allylic oxidation sites excluding steroid dienone is 1. The molecule has 0 aliphatic heterocycles. The summed E-state index contributed by atoms with van der Waals surface area (Å²) in [5.41, 5.74) is 5.28. The second kappa shape index (κ2) is 9.93. The van der Waals surface area contributed by atoms with Crippen molar-refractivity contribution in [2.45, 2.75) is 52.6 Å². The molecule has 5 N–H and O–H groups in total. The van der Waals surface area contributed by atoms with Gasteiger partial charge in [0.15, 0.2) is 0 Å². The van der Waals surface area contributed by atoms with Gasteiger partial charge >= 0.3 is 0 Å². The zero-order chi connectivity index (χ0) is 16.4. The molecule has 3 amide bonds. The van der Waals surface area contributed by atoms with E-state index >= 15 is 0 Å². The predicted octanol–water partition coefficient (Wildman–Crippen LogP) is -0.225. The molecule has 0 radical (unpaired) electrons. The van der Waals surface area contributed by atoms with Gasteiger partial charge in [0, 0.05) is 0 Å². The molecular weight excluding hydrogens is 272 g/mol. The maximum Gasteiger partial charge on any atom is 0.268 e. The molecule has 7 heteroatoms. The van der Waals surface area contributed by atoms with E-state index in [1.807, 2.05) is 13.8 Å². The van der Waals surface area contributed by atoms with E-state index in [-0.39, 0.29) is 17.6 Å². The highest BCUT2D eigenvalue weighted by atomic mass is 16.2. The molecule has 0 aliphatic rings. The Balaban J connectivity index is 4.75. The fraction of sp³-hybridized carbons (Fsp3) is 0.643. The van der Waals surface area contributed by atoms with Crippen LogP contribution >= 0.6 is 0 Å². The summed E-state index contributed by atoms with van der Waals surface area (Å²) >= 11 is 0. The van der Waals surface area contributed by atoms with Crippen molar-refractivity contribution in [2.24, 2.45) is 5.73 Å². The number of likely N-dealkylation sites (N-methyl/N-ethyl adjacent to an activating group) is 1. The quantitative estimate of drug-likeness (QED) is 0.440. The van der Waals surface area contributed by atoms with E-state index in [0.29, 0.717) is 19.4 Å². The monoisotopic (exact) mass is 298 g/mol. The summed E-state index contributed by atoms with van der Waals surface area (Å²) in [7, 11) is 0. The first-order chi connectivity index (χ1) is 9.90. The molecule has 7 nitrogen and oxygen atoms in total. The minimum Gasteiger partial charge on any atom is -0.368 e. The first kappa shape index (κ1) is 19.1. The third-order valence-corrected chi connectivity index (χ3v) is 3.02. The summed E-state index contributed by atoms with van der Waals surface area (Å²) in [4.78, 5) is 35.2. The Hall–Kier alpha value is -1.89. The number of nitrogens with two attached hydrogens (primary N) is 1. The molecule has 0 saturated heterocycles. The first-order valence-corrected chi connectivity index (χ1v) is 7.21. The predicted molar refractivity (Wildman–Crippen MR) is 81.1 cm³/mol. The van der Waals surface area contributed by atoms with Crippen molar-refractivity contribution in [3.63, 3.8) is 0 Å². The third-order valence-electron chi connectivity index (χ3n) is 3.02. The van der Waals surface area contributed by atoms with Gasteiger partial charge in [-0.1, -0.05) is 26.8 Å². The van der Waals surface area contributed by atoms with Crippen LogP contribution in [-0.2, 0) is 14.4 Å². The van der Waals surface area contributed by atoms with Crippen LogP contribution in [0.2, 0.25) is 0 Å². The number of hydrogen-bond acceptors (Lipinski definition) is 4. The summed E-state index contributed by atoms with van der Waals surface area (Å²) in [6, 6.07) is -1.11. The summed E-state index contributed by atoms with van der Waals surface area (Å²) in [5, 5.41) is 8.09. The Labute approximate surface area is 125 Å². The number of hydrogen-bond donors (Lipinski definition) is 4. The van der Waals surface area contributed by atoms with Crippen molar-refractivity contribution >= 4 is 17.7 Å². The lowest BCUT2D eigenvalue weighted by atomic mass is 10.2. The second-order valence-corrected chi connectivity index (χ2v) is 4.55. The number of carbonyl (C=O) groups excluding carboxylic acids is 3. The molecule has 2 atom stereocenters. The second-order valence-electron chi connectivity index (χ2n) is 4.55. The van der Waals surface area contributed by atoms with E-state index in [1.54, 1.807) is 13.8 Å². The molecule has 120 valence electrons. The maximum absolute atomic E-state index is 12.0. The van der Waals surface area contributed by atoms with Gasteiger partial charge in [-0.3, -0.25) is 14.4 Å². The average Bonchev–Trinajstić information content (AvgIpc) is 2.46. The molecule has 0 aromatic rings. The zero-order valence-electron chi connectivity index (χ0n) is 13.2. The van der Waals surface area contributed by atoms with Gasteiger partial charge in [-0.05, 0) is 26.3 Å². The van der Waals surface area contributed by atoms with Crippen LogP contribution in [0.3, 0.4) is 0 Å². The number of carbonyl (C=O) groups is 3. The van der Waals surface area contributed by atoms with Gasteiger partial charge in [0.25, 0.3) is 5.91 Å². The van der Waals surface area contributed by atoms with Crippen LogP contribution in [0.4, 0.5) is 0 Å². The fourth-order valence-electron chi connectivity index (χ4n) is 1.76. The summed E-state index contributed by atoms with van der Waals surface area (Å²) in [6.45, 7) is 7.81. The summed E-state index contributed by atoms with van der Waals surface area (Å²) in [5.74, 6) is -1.41. The first-order valence-electron chi connectivity index (χ1n) is 7.21. The van der Waals surface area contributed by atoms with Crippen LogP contribution in [0.5, 0.6) is 0 Å². The van der Waals surface area contributed by atoms with Gasteiger partial charge in [0.1, 0.15) is 11.7 Å². The molecule has 0 saturated carbocycles. The lowest BCUT2D eigenvalue weighted by molar-refractivity contribution is -0.127. The normalized spacial score (nSPS) is 14.2. The standard InChI is InChI=1S/C14H26N4O3/c1-5-9(12(15)19)17-14(21)11(7-3)18-13(20)10(6-2)16-8-4/h7,9-10,16H,5-6,8H2,1-4H3,(H2,15,19)(H,17,21)(H,18,20)/b11-7+. The maximum atomic E-state index is 12.0. The molecule has 0 spiro atoms. The Morgan fingerprint density at radius 2 is 1.67 bits per heavy atom. The van der Waals surface area contributed by atoms with Gasteiger partial charge in [-0.25, -0.2) is 0 Å². The minimum atomic E-state index is -0.750. The largest absolute Gasteiger partial charge is 0.368 e. The summed E-state index contributed by atoms with van der Waals surface area (Å²) < 4.78 is 0. The van der Waals surface area contributed by atoms with Crippen molar-refractivity contribution in [1.82, 2.24) is 16.0 Å². The minimum absolute atomic E-state index is 0.107. The fourth-order valence-corrected chi connectivity index (χ4v) is 1.76. The molecule has 0 fully saturated rings. The molecule has 2 unspecified atom stereocenters. The van der Waals surface area contributed by atoms with Crippen molar-refractivity contribution < 1.29 is 14.4 Å². The average molecular weight is 298 g/mol. The van der Waals surface area contributed by atoms with Crippen LogP contribution < -0.4 is 21.7 Å². The topological polar surface area (TPSA) is 113 Å². The Morgan fingerprint density at radius 3 is 2.05 bits per heavy atom. The molecule has 0 rings (SSSR count). The van der Waals surface area contributed by atoms with Crippen molar-refractivity contribution in [3.05, 3.63) is 11.8 Å². The number of primary amides is 1. The van der Waals surface area contributed by atoms with E-state index in [0.717, 1.165) is 0 Å². The van der Waals surface area contributed by atoms with Gasteiger partial charge in [-0.15, -0.1) is 0 Å². The van der Waals surface area contributed by atoms with Crippen LogP contribution in [0.15, 0.2) is 11.8 Å². The number of amides is 3. The van der Waals surface area contributed by atoms with E-state index in [2.05, 4.69) is 16.0 Å². The zero-order valence-corrected chi connectivity index (χ0v) is 13.2. The van der Waals surface area contributed by atoms with E-state index in [1.165, 1.54) is 6.08 Å². The summed E-state index contributed by atoms with van der Waals surface area (Å²) in [6.07, 6.45) is 2.48. The molecule has 21 heavy (non-hydrogen) atoms. The smallest absolute Gasteiger partial charge is 0.268 e. The van der Waals surface area contributed by atoms with Gasteiger partial charge in [-0.2, -0.15) is 0 Å². The lowest BCUT2D eigenvalue weighted by Crippen LogP contribution is -2.49. The van der Waals surface area contributed by atoms with Gasteiger partial charge in [0.05, 0.1) is 6.04 Å². The highest BCUT2D eigenvalue weighted by Gasteiger charge is 2.21. The number of nitrogens with one attached hydrogen (secondary N) is 3. The van der Waals surface area contributed by atoms with Gasteiger partial charge in [0.2, 0.25) is 11.8 Å². The van der Waals surface area contributed by atoms with E-state index in [9.17, 15) is 14.4 Å². The number of rotatable bonds is 9. The van der Waals surface area contributed by atoms with Crippen LogP contribution in [0.25, 0.3) is 0 Å². The van der Waals surface area contributed by atoms with E-state index < -0.39 is 17.9 Å². The van der Waals surface area contributed by atoms with Crippen molar-refractivity contribution in [3.8, 4) is 0 Å². The van der Waals surface area contributed by atoms with Crippen LogP contribution in [-0.4, -0.2) is 36.3 Å². The van der Waals surface area contributed by atoms with Gasteiger partial charge < -0.3 is 21.7 Å². The molecule has 0 heterocycles. The molecule has 0 aromatic heterocycles. The molecule has 0 aromatic carbocycles. The Kier molecular flexibility index (Phi) is 9.03. The SMILES string of the molecule is C/C=C(/NC(=O)C(CC)NCC)C(=O)NC(CC)C(N)=O. The highest BCUT2D eigenvalue weighted by molar-refractivity contribution is 6.00. The van der Waals surface area contributed by atoms with E-state index in [4.69, 9.17) is 5.73 Å². The molecule has 0 bridgehead atoms. The Morgan fingerprint density at radius 1 is 1.10 bits per heavy atom. The van der Waals surface area contributed by atoms with Crippen molar-refractivity contribution in [2.75, 3.05) is 6.54 Å². The Bertz CT molecular complexity index is 407. The highest BCUT2D eigenvalue weighted by Crippen LogP contribution is 1.98. The van der Waals surface area contributed by atoms with Crippen LogP contribution in [0, 0.1) is 0 Å². The molecule has 0 aliphatic carbocycles. The lowest BCUT2D eigenvalue weighted by Gasteiger charge is -2.18. The van der Waals surface area contributed by atoms with Crippen molar-refractivity contribution in [1.29, 1.82) is 0 Å². The van der Waals surface area contributed by atoms with Crippen LogP contribution in [0.1, 0.15) is 40.5 Å².